The number of halogens is 2. The highest BCUT2D eigenvalue weighted by Gasteiger charge is 2.31. The molecule has 2 atom stereocenters. The average molecular weight is 229 g/mol. The van der Waals surface area contributed by atoms with Gasteiger partial charge in [-0.25, -0.2) is 0 Å². The van der Waals surface area contributed by atoms with E-state index < -0.39 is 0 Å². The third-order valence-electron chi connectivity index (χ3n) is 2.76. The van der Waals surface area contributed by atoms with E-state index in [1.54, 1.807) is 0 Å². The van der Waals surface area contributed by atoms with E-state index in [4.69, 9.17) is 0 Å². The van der Waals surface area contributed by atoms with Gasteiger partial charge >= 0.3 is 0 Å². The van der Waals surface area contributed by atoms with E-state index >= 15 is 0 Å². The van der Waals surface area contributed by atoms with Gasteiger partial charge in [0, 0.05) is 19.1 Å². The zero-order valence-corrected chi connectivity index (χ0v) is 9.24. The molecule has 13 heavy (non-hydrogen) atoms. The zero-order valence-electron chi connectivity index (χ0n) is 7.61. The summed E-state index contributed by atoms with van der Waals surface area (Å²) in [5.41, 5.74) is 0. The van der Waals surface area contributed by atoms with Gasteiger partial charge < -0.3 is 10.4 Å². The van der Waals surface area contributed by atoms with Crippen molar-refractivity contribution in [2.75, 3.05) is 26.2 Å². The molecule has 2 N–H and O–H groups in total. The Morgan fingerprint density at radius 3 is 2.15 bits per heavy atom. The number of β-amino-alcohol motifs (C(OH)–C–C–N with tert-alkyl or cyclic N) is 1. The molecule has 80 valence electrons. The monoisotopic (exact) mass is 228 g/mol. The number of nitrogens with zero attached hydrogens (tertiary/aromatic N) is 1. The van der Waals surface area contributed by atoms with E-state index in [0.29, 0.717) is 6.04 Å². The molecule has 2 rings (SSSR count). The van der Waals surface area contributed by atoms with Crippen molar-refractivity contribution < 1.29 is 5.11 Å². The normalized spacial score (nSPS) is 33.9. The van der Waals surface area contributed by atoms with Crippen molar-refractivity contribution in [3.8, 4) is 0 Å². The Bertz CT molecular complexity index is 142. The van der Waals surface area contributed by atoms with Crippen LogP contribution in [0.1, 0.15) is 12.8 Å². The lowest BCUT2D eigenvalue weighted by atomic mass is 10.2. The molecule has 2 saturated heterocycles. The molecule has 0 aromatic carbocycles. The minimum atomic E-state index is -0.131. The molecule has 0 aromatic heterocycles. The minimum absolute atomic E-state index is 0. The fourth-order valence-electron chi connectivity index (χ4n) is 2.10. The molecule has 0 radical (unpaired) electrons. The number of aliphatic hydroxyl groups excluding tert-OH is 1. The number of aliphatic hydroxyl groups is 1. The van der Waals surface area contributed by atoms with E-state index in [1.807, 2.05) is 0 Å². The van der Waals surface area contributed by atoms with Crippen LogP contribution >= 0.6 is 24.8 Å². The van der Waals surface area contributed by atoms with Crippen molar-refractivity contribution in [1.29, 1.82) is 0 Å². The van der Waals surface area contributed by atoms with Gasteiger partial charge in [-0.3, -0.25) is 4.90 Å². The van der Waals surface area contributed by atoms with E-state index in [9.17, 15) is 5.11 Å². The van der Waals surface area contributed by atoms with Gasteiger partial charge in [-0.05, 0) is 25.9 Å². The second kappa shape index (κ2) is 6.04. The van der Waals surface area contributed by atoms with Gasteiger partial charge in [0.15, 0.2) is 0 Å². The summed E-state index contributed by atoms with van der Waals surface area (Å²) in [7, 11) is 0. The summed E-state index contributed by atoms with van der Waals surface area (Å²) in [5, 5.41) is 12.8. The van der Waals surface area contributed by atoms with Crippen molar-refractivity contribution in [3.63, 3.8) is 0 Å². The van der Waals surface area contributed by atoms with Gasteiger partial charge in [-0.2, -0.15) is 0 Å². The van der Waals surface area contributed by atoms with Crippen LogP contribution in [0.5, 0.6) is 0 Å². The van der Waals surface area contributed by atoms with Crippen LogP contribution in [0.4, 0.5) is 0 Å². The summed E-state index contributed by atoms with van der Waals surface area (Å²) in [6.45, 7) is 4.12. The molecule has 0 bridgehead atoms. The van der Waals surface area contributed by atoms with Gasteiger partial charge in [-0.15, -0.1) is 24.8 Å². The van der Waals surface area contributed by atoms with Crippen LogP contribution in [0.25, 0.3) is 0 Å². The first-order chi connectivity index (χ1) is 5.38. The van der Waals surface area contributed by atoms with Crippen molar-refractivity contribution >= 4 is 24.8 Å². The smallest absolute Gasteiger partial charge is 0.0831 e. The minimum Gasteiger partial charge on any atom is -0.390 e. The molecule has 2 fully saturated rings. The maximum atomic E-state index is 9.55. The van der Waals surface area contributed by atoms with Crippen LogP contribution in [0.3, 0.4) is 0 Å². The van der Waals surface area contributed by atoms with Gasteiger partial charge in [0.05, 0.1) is 6.10 Å². The van der Waals surface area contributed by atoms with Gasteiger partial charge in [-0.1, -0.05) is 0 Å². The molecule has 0 unspecified atom stereocenters. The Balaban J connectivity index is 0.000000720. The highest BCUT2D eigenvalue weighted by Crippen LogP contribution is 2.16. The van der Waals surface area contributed by atoms with Crippen molar-refractivity contribution in [2.45, 2.75) is 25.0 Å². The number of rotatable bonds is 1. The molecule has 0 aromatic rings. The number of likely N-dealkylation sites (tertiary alicyclic amines) is 1. The molecular weight excluding hydrogens is 211 g/mol. The molecule has 0 spiro atoms. The maximum absolute atomic E-state index is 9.55. The predicted molar refractivity (Wildman–Crippen MR) is 58.0 cm³/mol. The van der Waals surface area contributed by atoms with Crippen molar-refractivity contribution in [1.82, 2.24) is 10.2 Å². The molecular formula is C8H18Cl2N2O. The van der Waals surface area contributed by atoms with Crippen molar-refractivity contribution in [3.05, 3.63) is 0 Å². The molecule has 0 aliphatic carbocycles. The molecule has 3 nitrogen and oxygen atoms in total. The first-order valence-corrected chi connectivity index (χ1v) is 4.51. The van der Waals surface area contributed by atoms with Gasteiger partial charge in [0.25, 0.3) is 0 Å². The molecule has 2 heterocycles. The van der Waals surface area contributed by atoms with E-state index in [0.717, 1.165) is 13.1 Å². The summed E-state index contributed by atoms with van der Waals surface area (Å²) < 4.78 is 0. The van der Waals surface area contributed by atoms with Crippen LogP contribution < -0.4 is 5.32 Å². The third-order valence-corrected chi connectivity index (χ3v) is 2.76. The fourth-order valence-corrected chi connectivity index (χ4v) is 2.10. The SMILES string of the molecule is Cl.Cl.O[C@H]1CNC[C@@H]1N1CCCC1. The van der Waals surface area contributed by atoms with Crippen LogP contribution in [0, 0.1) is 0 Å². The lowest BCUT2D eigenvalue weighted by Gasteiger charge is -2.24. The quantitative estimate of drug-likeness (QED) is 0.677. The Labute approximate surface area is 91.7 Å². The first kappa shape index (κ1) is 13.5. The summed E-state index contributed by atoms with van der Waals surface area (Å²) in [6, 6.07) is 0.400. The molecule has 2 aliphatic heterocycles. The predicted octanol–water partition coefficient (Wildman–Crippen LogP) is 0.258. The topological polar surface area (TPSA) is 35.5 Å². The van der Waals surface area contributed by atoms with Gasteiger partial charge in [0.2, 0.25) is 0 Å². The number of hydrogen-bond acceptors (Lipinski definition) is 3. The van der Waals surface area contributed by atoms with Crippen LogP contribution in [0.2, 0.25) is 0 Å². The first-order valence-electron chi connectivity index (χ1n) is 4.51. The highest BCUT2D eigenvalue weighted by atomic mass is 35.5. The second-order valence-corrected chi connectivity index (χ2v) is 3.54. The largest absolute Gasteiger partial charge is 0.390 e. The number of nitrogens with one attached hydrogen (secondary N) is 1. The Morgan fingerprint density at radius 1 is 1.08 bits per heavy atom. The number of hydrogen-bond donors (Lipinski definition) is 2. The lowest BCUT2D eigenvalue weighted by molar-refractivity contribution is 0.0985. The molecule has 0 amide bonds. The third kappa shape index (κ3) is 2.96. The summed E-state index contributed by atoms with van der Waals surface area (Å²) in [6.07, 6.45) is 2.49. The molecule has 2 aliphatic rings. The standard InChI is InChI=1S/C8H16N2O.2ClH/c11-8-6-9-5-7(8)10-3-1-2-4-10;;/h7-9,11H,1-6H2;2*1H/t7-,8-;;/m0../s1. The second-order valence-electron chi connectivity index (χ2n) is 3.54. The van der Waals surface area contributed by atoms with Gasteiger partial charge in [0.1, 0.15) is 0 Å². The van der Waals surface area contributed by atoms with Crippen LogP contribution in [-0.2, 0) is 0 Å². The molecule has 5 heteroatoms. The van der Waals surface area contributed by atoms with E-state index in [2.05, 4.69) is 10.2 Å². The van der Waals surface area contributed by atoms with Crippen molar-refractivity contribution in [2.24, 2.45) is 0 Å². The van der Waals surface area contributed by atoms with Crippen LogP contribution in [-0.4, -0.2) is 48.3 Å². The zero-order chi connectivity index (χ0) is 7.68. The maximum Gasteiger partial charge on any atom is 0.0831 e. The Morgan fingerprint density at radius 2 is 1.69 bits per heavy atom. The lowest BCUT2D eigenvalue weighted by Crippen LogP contribution is -2.41. The Kier molecular flexibility index (Phi) is 6.25. The van der Waals surface area contributed by atoms with E-state index in [-0.39, 0.29) is 30.9 Å². The summed E-state index contributed by atoms with van der Waals surface area (Å²) >= 11 is 0. The fraction of sp³-hybridized carbons (Fsp3) is 1.00. The average Bonchev–Trinajstić information content (AvgIpc) is 2.55. The molecule has 0 saturated carbocycles. The Hall–Kier alpha value is 0.460. The summed E-state index contributed by atoms with van der Waals surface area (Å²) in [5.74, 6) is 0. The van der Waals surface area contributed by atoms with E-state index in [1.165, 1.54) is 25.9 Å². The summed E-state index contributed by atoms with van der Waals surface area (Å²) in [4.78, 5) is 2.41. The van der Waals surface area contributed by atoms with Crippen LogP contribution in [0.15, 0.2) is 0 Å². The highest BCUT2D eigenvalue weighted by molar-refractivity contribution is 5.85.